The zero-order chi connectivity index (χ0) is 19.2. The third-order valence-electron chi connectivity index (χ3n) is 3.96. The fourth-order valence-corrected chi connectivity index (χ4v) is 3.96. The molecule has 1 aromatic carbocycles. The van der Waals surface area contributed by atoms with Crippen LogP contribution in [-0.4, -0.2) is 27.5 Å². The van der Waals surface area contributed by atoms with E-state index in [1.165, 1.54) is 11.3 Å². The third kappa shape index (κ3) is 5.31. The summed E-state index contributed by atoms with van der Waals surface area (Å²) in [5.41, 5.74) is 0.681. The van der Waals surface area contributed by atoms with E-state index in [2.05, 4.69) is 10.2 Å². The molecule has 1 amide bonds. The maximum absolute atomic E-state index is 12.6. The number of rotatable bonds is 8. The van der Waals surface area contributed by atoms with E-state index in [4.69, 9.17) is 27.6 Å². The van der Waals surface area contributed by atoms with Crippen molar-refractivity contribution in [3.8, 4) is 11.5 Å². The highest BCUT2D eigenvalue weighted by Crippen LogP contribution is 2.26. The van der Waals surface area contributed by atoms with Crippen LogP contribution in [0.1, 0.15) is 30.5 Å². The molecule has 0 aliphatic carbocycles. The maximum Gasteiger partial charge on any atom is 0.249 e. The molecule has 0 aliphatic rings. The highest BCUT2D eigenvalue weighted by molar-refractivity contribution is 7.16. The lowest BCUT2D eigenvalue weighted by Crippen LogP contribution is -2.31. The fourth-order valence-electron chi connectivity index (χ4n) is 2.66. The van der Waals surface area contributed by atoms with Gasteiger partial charge in [-0.05, 0) is 37.1 Å². The summed E-state index contributed by atoms with van der Waals surface area (Å²) < 4.78 is 6.46. The number of carbonyl (C=O) groups excluding carboxylic acids is 1. The smallest absolute Gasteiger partial charge is 0.249 e. The zero-order valence-corrected chi connectivity index (χ0v) is 17.2. The molecule has 0 N–H and O–H groups in total. The van der Waals surface area contributed by atoms with Crippen LogP contribution in [0, 0.1) is 0 Å². The number of benzene rings is 1. The standard InChI is InChI=1S/C19H19Cl2N3O2S/c1-2-11-24(18(25)10-8-13-7-9-16(21)27-13)12-17-22-23-19(26-17)14-5-3-4-6-15(14)20/h3-7,9H,2,8,10-12H2,1H3. The first-order valence-corrected chi connectivity index (χ1v) is 10.2. The lowest BCUT2D eigenvalue weighted by atomic mass is 10.2. The summed E-state index contributed by atoms with van der Waals surface area (Å²) in [7, 11) is 0. The van der Waals surface area contributed by atoms with E-state index in [1.54, 1.807) is 11.0 Å². The van der Waals surface area contributed by atoms with Crippen LogP contribution in [0.3, 0.4) is 0 Å². The van der Waals surface area contributed by atoms with Crippen LogP contribution in [0.2, 0.25) is 9.36 Å². The van der Waals surface area contributed by atoms with Crippen LogP contribution in [0.15, 0.2) is 40.8 Å². The topological polar surface area (TPSA) is 59.2 Å². The number of thiophene rings is 1. The fraction of sp³-hybridized carbons (Fsp3) is 0.316. The first kappa shape index (κ1) is 19.9. The normalized spacial score (nSPS) is 10.9. The van der Waals surface area contributed by atoms with E-state index < -0.39 is 0 Å². The molecule has 0 spiro atoms. The minimum Gasteiger partial charge on any atom is -0.419 e. The first-order chi connectivity index (χ1) is 13.1. The van der Waals surface area contributed by atoms with Crippen molar-refractivity contribution < 1.29 is 9.21 Å². The molecule has 27 heavy (non-hydrogen) atoms. The van der Waals surface area contributed by atoms with Gasteiger partial charge in [-0.25, -0.2) is 0 Å². The van der Waals surface area contributed by atoms with Gasteiger partial charge in [-0.15, -0.1) is 21.5 Å². The quantitative estimate of drug-likeness (QED) is 0.481. The molecule has 142 valence electrons. The van der Waals surface area contributed by atoms with Crippen molar-refractivity contribution in [2.75, 3.05) is 6.54 Å². The largest absolute Gasteiger partial charge is 0.419 e. The van der Waals surface area contributed by atoms with E-state index in [1.807, 2.05) is 37.3 Å². The third-order valence-corrected chi connectivity index (χ3v) is 5.58. The van der Waals surface area contributed by atoms with Crippen molar-refractivity contribution in [1.82, 2.24) is 15.1 Å². The molecule has 2 heterocycles. The van der Waals surface area contributed by atoms with Crippen LogP contribution in [-0.2, 0) is 17.8 Å². The molecule has 2 aromatic heterocycles. The number of hydrogen-bond acceptors (Lipinski definition) is 5. The van der Waals surface area contributed by atoms with Crippen molar-refractivity contribution in [2.45, 2.75) is 32.7 Å². The molecular formula is C19H19Cl2N3O2S. The molecule has 0 unspecified atom stereocenters. The molecule has 0 fully saturated rings. The van der Waals surface area contributed by atoms with Crippen LogP contribution in [0.25, 0.3) is 11.5 Å². The number of aromatic nitrogens is 2. The molecule has 0 radical (unpaired) electrons. The second-order valence-corrected chi connectivity index (χ2v) is 8.21. The summed E-state index contributed by atoms with van der Waals surface area (Å²) >= 11 is 13.6. The van der Waals surface area contributed by atoms with Gasteiger partial charge in [-0.3, -0.25) is 4.79 Å². The van der Waals surface area contributed by atoms with Gasteiger partial charge in [-0.1, -0.05) is 42.3 Å². The summed E-state index contributed by atoms with van der Waals surface area (Å²) in [5.74, 6) is 0.803. The molecular weight excluding hydrogens is 405 g/mol. The van der Waals surface area contributed by atoms with Gasteiger partial charge in [0.25, 0.3) is 0 Å². The second kappa shape index (κ2) is 9.35. The summed E-state index contributed by atoms with van der Waals surface area (Å²) in [6, 6.07) is 11.1. The zero-order valence-electron chi connectivity index (χ0n) is 14.8. The van der Waals surface area contributed by atoms with Gasteiger partial charge < -0.3 is 9.32 Å². The Morgan fingerprint density at radius 1 is 1.19 bits per heavy atom. The van der Waals surface area contributed by atoms with Gasteiger partial charge in [0.15, 0.2) is 0 Å². The molecule has 0 atom stereocenters. The van der Waals surface area contributed by atoms with Gasteiger partial charge in [0, 0.05) is 17.8 Å². The van der Waals surface area contributed by atoms with Crippen molar-refractivity contribution in [3.05, 3.63) is 56.5 Å². The average Bonchev–Trinajstić information content (AvgIpc) is 3.29. The lowest BCUT2D eigenvalue weighted by molar-refractivity contribution is -0.132. The Labute approximate surface area is 171 Å². The van der Waals surface area contributed by atoms with Crippen molar-refractivity contribution >= 4 is 40.4 Å². The number of nitrogens with zero attached hydrogens (tertiary/aromatic N) is 3. The van der Waals surface area contributed by atoms with Gasteiger partial charge in [0.05, 0.1) is 21.5 Å². The number of carbonyl (C=O) groups is 1. The predicted molar refractivity (Wildman–Crippen MR) is 108 cm³/mol. The molecule has 5 nitrogen and oxygen atoms in total. The number of amides is 1. The van der Waals surface area contributed by atoms with Crippen LogP contribution < -0.4 is 0 Å². The SMILES string of the molecule is CCCN(Cc1nnc(-c2ccccc2Cl)o1)C(=O)CCc1ccc(Cl)s1. The summed E-state index contributed by atoms with van der Waals surface area (Å²) in [6.07, 6.45) is 1.94. The molecule has 0 bridgehead atoms. The second-order valence-electron chi connectivity index (χ2n) is 6.00. The van der Waals surface area contributed by atoms with Gasteiger partial charge >= 0.3 is 0 Å². The Morgan fingerprint density at radius 3 is 2.70 bits per heavy atom. The van der Waals surface area contributed by atoms with Gasteiger partial charge in [-0.2, -0.15) is 0 Å². The van der Waals surface area contributed by atoms with Crippen LogP contribution in [0.5, 0.6) is 0 Å². The Hall–Kier alpha value is -1.89. The van der Waals surface area contributed by atoms with Crippen molar-refractivity contribution in [3.63, 3.8) is 0 Å². The summed E-state index contributed by atoms with van der Waals surface area (Å²) in [6.45, 7) is 2.95. The van der Waals surface area contributed by atoms with E-state index in [0.29, 0.717) is 41.8 Å². The Morgan fingerprint density at radius 2 is 2.00 bits per heavy atom. The molecule has 0 saturated heterocycles. The van der Waals surface area contributed by atoms with E-state index in [-0.39, 0.29) is 12.5 Å². The first-order valence-electron chi connectivity index (χ1n) is 8.66. The monoisotopic (exact) mass is 423 g/mol. The highest BCUT2D eigenvalue weighted by atomic mass is 35.5. The van der Waals surface area contributed by atoms with E-state index in [0.717, 1.165) is 15.6 Å². The highest BCUT2D eigenvalue weighted by Gasteiger charge is 2.18. The molecule has 8 heteroatoms. The number of halogens is 2. The molecule has 3 rings (SSSR count). The predicted octanol–water partition coefficient (Wildman–Crippen LogP) is 5.48. The van der Waals surface area contributed by atoms with Gasteiger partial charge in [0.2, 0.25) is 17.7 Å². The molecule has 0 saturated carbocycles. The average molecular weight is 424 g/mol. The summed E-state index contributed by atoms with van der Waals surface area (Å²) in [4.78, 5) is 15.5. The van der Waals surface area contributed by atoms with Crippen LogP contribution in [0.4, 0.5) is 0 Å². The Bertz CT molecular complexity index is 910. The number of hydrogen-bond donors (Lipinski definition) is 0. The molecule has 3 aromatic rings. The number of aryl methyl sites for hydroxylation is 1. The van der Waals surface area contributed by atoms with Crippen LogP contribution >= 0.6 is 34.5 Å². The van der Waals surface area contributed by atoms with E-state index in [9.17, 15) is 4.79 Å². The van der Waals surface area contributed by atoms with E-state index >= 15 is 0 Å². The lowest BCUT2D eigenvalue weighted by Gasteiger charge is -2.20. The van der Waals surface area contributed by atoms with Crippen molar-refractivity contribution in [2.24, 2.45) is 0 Å². The summed E-state index contributed by atoms with van der Waals surface area (Å²) in [5, 5.41) is 8.68. The Balaban J connectivity index is 1.65. The van der Waals surface area contributed by atoms with Crippen molar-refractivity contribution in [1.29, 1.82) is 0 Å². The minimum absolute atomic E-state index is 0.0545. The van der Waals surface area contributed by atoms with Gasteiger partial charge in [0.1, 0.15) is 0 Å². The minimum atomic E-state index is 0.0545. The maximum atomic E-state index is 12.6. The molecule has 0 aliphatic heterocycles. The Kier molecular flexibility index (Phi) is 6.88.